The quantitative estimate of drug-likeness (QED) is 0.330. The Kier molecular flexibility index (Phi) is 7.05. The zero-order valence-electron chi connectivity index (χ0n) is 19.8. The van der Waals surface area contributed by atoms with Crippen LogP contribution >= 0.6 is 0 Å². The summed E-state index contributed by atoms with van der Waals surface area (Å²) in [6.07, 6.45) is 3.57. The number of nitrogens with one attached hydrogen (secondary N) is 2. The Labute approximate surface area is 206 Å². The van der Waals surface area contributed by atoms with E-state index in [4.69, 9.17) is 0 Å². The average Bonchev–Trinajstić information content (AvgIpc) is 2.93. The standard InChI is InChI=1S/C30H31N3O2/c34-29-26(31-21-22-13-5-1-6-14-22)27(30(29)35)32-25(23-15-7-2-8-16-23)28(24-17-9-3-10-18-24)33-19-11-4-12-20-33/h1-3,5-10,13-18,25,28,31-32H,4,11-12,19-21H2/t25-,28-/m1/s1. The van der Waals surface area contributed by atoms with Gasteiger partial charge >= 0.3 is 0 Å². The summed E-state index contributed by atoms with van der Waals surface area (Å²) in [6, 6.07) is 30.5. The van der Waals surface area contributed by atoms with Crippen molar-refractivity contribution < 1.29 is 0 Å². The molecule has 0 aromatic heterocycles. The van der Waals surface area contributed by atoms with Crippen LogP contribution in [0.1, 0.15) is 48.0 Å². The van der Waals surface area contributed by atoms with E-state index in [2.05, 4.69) is 51.9 Å². The predicted octanol–water partition coefficient (Wildman–Crippen LogP) is 5.28. The summed E-state index contributed by atoms with van der Waals surface area (Å²) in [5.41, 5.74) is 3.21. The molecule has 1 aliphatic heterocycles. The molecule has 35 heavy (non-hydrogen) atoms. The Morgan fingerprint density at radius 3 is 1.83 bits per heavy atom. The first kappa shape index (κ1) is 23.1. The molecule has 0 aliphatic carbocycles. The average molecular weight is 466 g/mol. The minimum atomic E-state index is -0.454. The molecule has 178 valence electrons. The van der Waals surface area contributed by atoms with Gasteiger partial charge in [-0.15, -0.1) is 0 Å². The third kappa shape index (κ3) is 5.05. The molecule has 5 rings (SSSR count). The Morgan fingerprint density at radius 1 is 0.657 bits per heavy atom. The Bertz CT molecular complexity index is 1290. The smallest absolute Gasteiger partial charge is 0.253 e. The van der Waals surface area contributed by atoms with Crippen LogP contribution in [0.5, 0.6) is 0 Å². The Morgan fingerprint density at radius 2 is 1.20 bits per heavy atom. The maximum atomic E-state index is 12.8. The van der Waals surface area contributed by atoms with Gasteiger partial charge < -0.3 is 10.6 Å². The second-order valence-corrected chi connectivity index (χ2v) is 9.23. The van der Waals surface area contributed by atoms with E-state index < -0.39 is 10.9 Å². The van der Waals surface area contributed by atoms with E-state index in [1.54, 1.807) is 0 Å². The van der Waals surface area contributed by atoms with Gasteiger partial charge in [0.05, 0.1) is 12.1 Å². The van der Waals surface area contributed by atoms with E-state index in [0.29, 0.717) is 17.9 Å². The lowest BCUT2D eigenvalue weighted by Crippen LogP contribution is -2.42. The van der Waals surface area contributed by atoms with E-state index >= 15 is 0 Å². The molecule has 0 radical (unpaired) electrons. The van der Waals surface area contributed by atoms with E-state index in [-0.39, 0.29) is 12.1 Å². The van der Waals surface area contributed by atoms with Crippen LogP contribution in [0, 0.1) is 0 Å². The second kappa shape index (κ2) is 10.7. The van der Waals surface area contributed by atoms with Gasteiger partial charge in [0.1, 0.15) is 11.4 Å². The molecule has 2 N–H and O–H groups in total. The summed E-state index contributed by atoms with van der Waals surface area (Å²) in [6.45, 7) is 2.51. The summed E-state index contributed by atoms with van der Waals surface area (Å²) in [5, 5.41) is 6.75. The summed E-state index contributed by atoms with van der Waals surface area (Å²) in [5.74, 6) is 0. The van der Waals surface area contributed by atoms with Gasteiger partial charge in [0.2, 0.25) is 0 Å². The van der Waals surface area contributed by atoms with E-state index in [9.17, 15) is 9.59 Å². The maximum Gasteiger partial charge on any atom is 0.253 e. The molecule has 4 aromatic rings. The normalized spacial score (nSPS) is 16.0. The number of hydrogen-bond acceptors (Lipinski definition) is 5. The molecule has 0 spiro atoms. The van der Waals surface area contributed by atoms with Crippen molar-refractivity contribution in [2.24, 2.45) is 0 Å². The molecule has 1 heterocycles. The minimum absolute atomic E-state index is 0.0327. The van der Waals surface area contributed by atoms with Gasteiger partial charge in [0.15, 0.2) is 0 Å². The fourth-order valence-corrected chi connectivity index (χ4v) is 5.11. The molecular weight excluding hydrogens is 434 g/mol. The molecule has 0 bridgehead atoms. The van der Waals surface area contributed by atoms with E-state index in [1.807, 2.05) is 54.6 Å². The number of piperidine rings is 1. The van der Waals surface area contributed by atoms with Crippen LogP contribution in [0.15, 0.2) is 101 Å². The van der Waals surface area contributed by atoms with Crippen molar-refractivity contribution in [2.75, 3.05) is 23.7 Å². The molecule has 5 heteroatoms. The fraction of sp³-hybridized carbons (Fsp3) is 0.267. The molecule has 0 amide bonds. The van der Waals surface area contributed by atoms with Gasteiger partial charge in [-0.1, -0.05) is 97.4 Å². The van der Waals surface area contributed by atoms with Crippen molar-refractivity contribution in [3.8, 4) is 0 Å². The minimum Gasteiger partial charge on any atom is -0.376 e. The summed E-state index contributed by atoms with van der Waals surface area (Å²) >= 11 is 0. The van der Waals surface area contributed by atoms with Gasteiger partial charge in [-0.2, -0.15) is 0 Å². The highest BCUT2D eigenvalue weighted by Gasteiger charge is 2.33. The molecule has 4 aromatic carbocycles. The highest BCUT2D eigenvalue weighted by Crippen LogP contribution is 2.38. The molecule has 2 atom stereocenters. The second-order valence-electron chi connectivity index (χ2n) is 9.23. The number of likely N-dealkylation sites (tertiary alicyclic amines) is 1. The van der Waals surface area contributed by atoms with Crippen LogP contribution in [-0.2, 0) is 6.54 Å². The van der Waals surface area contributed by atoms with Crippen molar-refractivity contribution in [1.82, 2.24) is 4.90 Å². The zero-order chi connectivity index (χ0) is 24.0. The summed E-state index contributed by atoms with van der Waals surface area (Å²) in [7, 11) is 0. The van der Waals surface area contributed by atoms with E-state index in [1.165, 1.54) is 12.0 Å². The fourth-order valence-electron chi connectivity index (χ4n) is 5.11. The monoisotopic (exact) mass is 465 g/mol. The molecule has 0 saturated carbocycles. The van der Waals surface area contributed by atoms with Crippen LogP contribution in [0.3, 0.4) is 0 Å². The molecule has 5 nitrogen and oxygen atoms in total. The van der Waals surface area contributed by atoms with Gasteiger partial charge in [0, 0.05) is 6.54 Å². The highest BCUT2D eigenvalue weighted by molar-refractivity contribution is 5.74. The van der Waals surface area contributed by atoms with Gasteiger partial charge in [-0.3, -0.25) is 14.5 Å². The first-order valence-corrected chi connectivity index (χ1v) is 12.4. The van der Waals surface area contributed by atoms with Crippen molar-refractivity contribution in [2.45, 2.75) is 37.9 Å². The van der Waals surface area contributed by atoms with E-state index in [0.717, 1.165) is 37.1 Å². The highest BCUT2D eigenvalue weighted by atomic mass is 16.2. The largest absolute Gasteiger partial charge is 0.376 e. The third-order valence-electron chi connectivity index (χ3n) is 6.92. The summed E-state index contributed by atoms with van der Waals surface area (Å²) < 4.78 is 0. The number of benzene rings is 3. The topological polar surface area (TPSA) is 61.4 Å². The predicted molar refractivity (Wildman–Crippen MR) is 143 cm³/mol. The lowest BCUT2D eigenvalue weighted by molar-refractivity contribution is 0.147. The van der Waals surface area contributed by atoms with Crippen LogP contribution in [0.2, 0.25) is 0 Å². The Balaban J connectivity index is 1.50. The van der Waals surface area contributed by atoms with Gasteiger partial charge in [0.25, 0.3) is 10.9 Å². The number of rotatable bonds is 9. The first-order chi connectivity index (χ1) is 17.2. The maximum absolute atomic E-state index is 12.8. The molecule has 1 fully saturated rings. The van der Waals surface area contributed by atoms with Crippen LogP contribution < -0.4 is 21.5 Å². The summed E-state index contributed by atoms with van der Waals surface area (Å²) in [4.78, 5) is 27.8. The Hall–Kier alpha value is -3.70. The van der Waals surface area contributed by atoms with Crippen molar-refractivity contribution in [3.63, 3.8) is 0 Å². The number of hydrogen-bond donors (Lipinski definition) is 2. The zero-order valence-corrected chi connectivity index (χ0v) is 19.8. The lowest BCUT2D eigenvalue weighted by atomic mass is 9.90. The SMILES string of the molecule is O=c1c(NCc2ccccc2)c(N[C@H](c2ccccc2)[C@@H](c2ccccc2)N2CCCCC2)c1=O. The number of anilines is 2. The lowest BCUT2D eigenvalue weighted by Gasteiger charge is -2.40. The molecule has 1 saturated heterocycles. The molecule has 0 unspecified atom stereocenters. The van der Waals surface area contributed by atoms with Gasteiger partial charge in [-0.05, 0) is 42.6 Å². The van der Waals surface area contributed by atoms with Crippen LogP contribution in [0.25, 0.3) is 0 Å². The molecule has 1 aliphatic rings. The number of nitrogens with zero attached hydrogens (tertiary/aromatic N) is 1. The third-order valence-corrected chi connectivity index (χ3v) is 6.92. The van der Waals surface area contributed by atoms with Crippen molar-refractivity contribution in [3.05, 3.63) is 128 Å². The van der Waals surface area contributed by atoms with Crippen LogP contribution in [0.4, 0.5) is 11.4 Å². The molecular formula is C30H31N3O2. The van der Waals surface area contributed by atoms with Crippen LogP contribution in [-0.4, -0.2) is 18.0 Å². The first-order valence-electron chi connectivity index (χ1n) is 12.4. The van der Waals surface area contributed by atoms with Crippen molar-refractivity contribution >= 4 is 11.4 Å². The van der Waals surface area contributed by atoms with Crippen molar-refractivity contribution in [1.29, 1.82) is 0 Å². The van der Waals surface area contributed by atoms with Gasteiger partial charge in [-0.25, -0.2) is 0 Å².